The lowest BCUT2D eigenvalue weighted by Crippen LogP contribution is -2.10. The Morgan fingerprint density at radius 2 is 0.844 bits per heavy atom. The topological polar surface area (TPSA) is 29.3 Å². The van der Waals surface area contributed by atoms with Gasteiger partial charge in [0.15, 0.2) is 5.58 Å². The molecular weight excluding hydrogens is 777 g/mol. The minimum atomic E-state index is 0.630. The first-order valence-corrected chi connectivity index (χ1v) is 21.8. The number of nitrogens with zero attached hydrogens (tertiary/aromatic N) is 2. The van der Waals surface area contributed by atoms with Gasteiger partial charge in [-0.3, -0.25) is 0 Å². The molecule has 0 atom stereocenters. The molecule has 12 aromatic rings. The van der Waals surface area contributed by atoms with Gasteiger partial charge < -0.3 is 9.32 Å². The van der Waals surface area contributed by atoms with Crippen LogP contribution in [0.3, 0.4) is 0 Å². The maximum Gasteiger partial charge on any atom is 0.227 e. The molecule has 300 valence electrons. The molecule has 1 heterocycles. The average molecular weight is 817 g/mol. The standard InChI is InChI=1S/C61H40N2O/c1-3-13-41(14-4-1)48-19-11-20-52(39-48)63(51-36-31-45(32-37-51)57-40-49-17-7-8-21-53(49)55-22-9-10-23-56(55)57)50-34-29-43(30-35-50)42-25-27-44(28-26-42)54-24-12-18-46-33-38-58-60(59(46)54)62-61(64-58)47-15-5-2-6-16-47/h1-40H. The third-order valence-electron chi connectivity index (χ3n) is 12.5. The first kappa shape index (κ1) is 37.2. The third-order valence-corrected chi connectivity index (χ3v) is 12.5. The van der Waals surface area contributed by atoms with Gasteiger partial charge in [-0.2, -0.15) is 0 Å². The van der Waals surface area contributed by atoms with Gasteiger partial charge in [-0.05, 0) is 132 Å². The number of rotatable bonds is 8. The summed E-state index contributed by atoms with van der Waals surface area (Å²) in [5.41, 5.74) is 15.2. The largest absolute Gasteiger partial charge is 0.436 e. The van der Waals surface area contributed by atoms with E-state index in [1.807, 2.05) is 36.4 Å². The summed E-state index contributed by atoms with van der Waals surface area (Å²) in [4.78, 5) is 7.37. The molecule has 0 aliphatic carbocycles. The Labute approximate surface area is 371 Å². The van der Waals surface area contributed by atoms with E-state index in [9.17, 15) is 0 Å². The number of oxazole rings is 1. The van der Waals surface area contributed by atoms with E-state index in [1.54, 1.807) is 0 Å². The molecule has 0 bridgehead atoms. The number of benzene rings is 11. The van der Waals surface area contributed by atoms with Crippen molar-refractivity contribution in [1.29, 1.82) is 0 Å². The number of hydrogen-bond donors (Lipinski definition) is 0. The van der Waals surface area contributed by atoms with E-state index < -0.39 is 0 Å². The van der Waals surface area contributed by atoms with Crippen molar-refractivity contribution < 1.29 is 4.42 Å². The monoisotopic (exact) mass is 816 g/mol. The van der Waals surface area contributed by atoms with Gasteiger partial charge in [0.1, 0.15) is 5.52 Å². The van der Waals surface area contributed by atoms with Crippen LogP contribution >= 0.6 is 0 Å². The zero-order chi connectivity index (χ0) is 42.4. The first-order valence-electron chi connectivity index (χ1n) is 21.8. The first-order chi connectivity index (χ1) is 31.7. The average Bonchev–Trinajstić information content (AvgIpc) is 3.83. The fourth-order valence-corrected chi connectivity index (χ4v) is 9.34. The molecule has 3 nitrogen and oxygen atoms in total. The van der Waals surface area contributed by atoms with E-state index in [1.165, 1.54) is 43.8 Å². The van der Waals surface area contributed by atoms with Crippen molar-refractivity contribution in [3.8, 4) is 56.0 Å². The summed E-state index contributed by atoms with van der Waals surface area (Å²) in [6.07, 6.45) is 0. The molecule has 0 aliphatic heterocycles. The summed E-state index contributed by atoms with van der Waals surface area (Å²) >= 11 is 0. The molecule has 0 unspecified atom stereocenters. The van der Waals surface area contributed by atoms with Gasteiger partial charge in [0, 0.05) is 28.0 Å². The van der Waals surface area contributed by atoms with E-state index in [0.717, 1.165) is 66.8 Å². The van der Waals surface area contributed by atoms with Crippen molar-refractivity contribution in [2.75, 3.05) is 4.90 Å². The molecule has 0 spiro atoms. The maximum absolute atomic E-state index is 6.27. The summed E-state index contributed by atoms with van der Waals surface area (Å²) in [6, 6.07) is 86.7. The quantitative estimate of drug-likeness (QED) is 0.143. The van der Waals surface area contributed by atoms with Crippen LogP contribution in [-0.2, 0) is 0 Å². The zero-order valence-electron chi connectivity index (χ0n) is 34.9. The van der Waals surface area contributed by atoms with Crippen LogP contribution in [0.2, 0.25) is 0 Å². The highest BCUT2D eigenvalue weighted by Gasteiger charge is 2.17. The van der Waals surface area contributed by atoms with Crippen LogP contribution in [0.25, 0.3) is 99.4 Å². The normalized spacial score (nSPS) is 11.4. The van der Waals surface area contributed by atoms with Crippen LogP contribution in [0, 0.1) is 0 Å². The highest BCUT2D eigenvalue weighted by molar-refractivity contribution is 6.14. The Hall–Kier alpha value is -8.53. The van der Waals surface area contributed by atoms with Gasteiger partial charge in [-0.1, -0.05) is 182 Å². The lowest BCUT2D eigenvalue weighted by atomic mass is 9.93. The highest BCUT2D eigenvalue weighted by atomic mass is 16.3. The molecule has 0 radical (unpaired) electrons. The summed E-state index contributed by atoms with van der Waals surface area (Å²) in [6.45, 7) is 0. The van der Waals surface area contributed by atoms with Crippen LogP contribution < -0.4 is 4.90 Å². The Balaban J connectivity index is 0.898. The minimum absolute atomic E-state index is 0.630. The van der Waals surface area contributed by atoms with Crippen molar-refractivity contribution in [3.05, 3.63) is 243 Å². The molecule has 0 aliphatic rings. The molecule has 0 saturated carbocycles. The van der Waals surface area contributed by atoms with Crippen LogP contribution in [0.1, 0.15) is 0 Å². The Morgan fingerprint density at radius 3 is 1.58 bits per heavy atom. The SMILES string of the molecule is c1ccc(-c2cccc(N(c3ccc(-c4ccc(-c5cccc6ccc7oc(-c8ccccc8)nc7c56)cc4)cc3)c3ccc(-c4cc5ccccc5c5ccccc45)cc3)c2)cc1. The summed E-state index contributed by atoms with van der Waals surface area (Å²) in [7, 11) is 0. The van der Waals surface area contributed by atoms with E-state index >= 15 is 0 Å². The Morgan fingerprint density at radius 1 is 0.312 bits per heavy atom. The number of aromatic nitrogens is 1. The molecule has 0 amide bonds. The zero-order valence-corrected chi connectivity index (χ0v) is 34.9. The maximum atomic E-state index is 6.27. The van der Waals surface area contributed by atoms with Gasteiger partial charge in [-0.25, -0.2) is 4.98 Å². The van der Waals surface area contributed by atoms with Gasteiger partial charge in [0.25, 0.3) is 0 Å². The Bertz CT molecular complexity index is 3630. The number of hydrogen-bond acceptors (Lipinski definition) is 3. The van der Waals surface area contributed by atoms with Gasteiger partial charge >= 0.3 is 0 Å². The molecule has 12 rings (SSSR count). The summed E-state index contributed by atoms with van der Waals surface area (Å²) in [5.74, 6) is 0.630. The molecule has 3 heteroatoms. The minimum Gasteiger partial charge on any atom is -0.436 e. The van der Waals surface area contributed by atoms with E-state index in [2.05, 4.69) is 211 Å². The van der Waals surface area contributed by atoms with Crippen LogP contribution in [0.4, 0.5) is 17.1 Å². The van der Waals surface area contributed by atoms with Gasteiger partial charge in [0.2, 0.25) is 5.89 Å². The predicted octanol–water partition coefficient (Wildman–Crippen LogP) is 17.1. The van der Waals surface area contributed by atoms with Crippen molar-refractivity contribution in [1.82, 2.24) is 4.98 Å². The van der Waals surface area contributed by atoms with Crippen molar-refractivity contribution in [3.63, 3.8) is 0 Å². The van der Waals surface area contributed by atoms with Gasteiger partial charge in [-0.15, -0.1) is 0 Å². The summed E-state index contributed by atoms with van der Waals surface area (Å²) in [5, 5.41) is 7.28. The summed E-state index contributed by atoms with van der Waals surface area (Å²) < 4.78 is 6.27. The molecule has 0 fully saturated rings. The van der Waals surface area contributed by atoms with Gasteiger partial charge in [0.05, 0.1) is 0 Å². The molecule has 64 heavy (non-hydrogen) atoms. The lowest BCUT2D eigenvalue weighted by Gasteiger charge is -2.26. The van der Waals surface area contributed by atoms with E-state index in [0.29, 0.717) is 5.89 Å². The molecule has 0 N–H and O–H groups in total. The van der Waals surface area contributed by atoms with Crippen molar-refractivity contribution >= 4 is 60.5 Å². The van der Waals surface area contributed by atoms with Crippen LogP contribution in [0.15, 0.2) is 247 Å². The highest BCUT2D eigenvalue weighted by Crippen LogP contribution is 2.41. The lowest BCUT2D eigenvalue weighted by molar-refractivity contribution is 0.620. The molecule has 1 aromatic heterocycles. The van der Waals surface area contributed by atoms with Crippen LogP contribution in [-0.4, -0.2) is 4.98 Å². The van der Waals surface area contributed by atoms with Crippen molar-refractivity contribution in [2.45, 2.75) is 0 Å². The third kappa shape index (κ3) is 6.68. The predicted molar refractivity (Wildman–Crippen MR) is 268 cm³/mol. The Kier molecular flexibility index (Phi) is 9.16. The van der Waals surface area contributed by atoms with Crippen molar-refractivity contribution in [2.24, 2.45) is 0 Å². The number of anilines is 3. The fraction of sp³-hybridized carbons (Fsp3) is 0. The fourth-order valence-electron chi connectivity index (χ4n) is 9.34. The second kappa shape index (κ2) is 15.7. The molecular formula is C61H40N2O. The molecule has 11 aromatic carbocycles. The number of fused-ring (bicyclic) bond motifs is 6. The second-order valence-corrected chi connectivity index (χ2v) is 16.3. The molecule has 0 saturated heterocycles. The van der Waals surface area contributed by atoms with E-state index in [-0.39, 0.29) is 0 Å². The smallest absolute Gasteiger partial charge is 0.227 e. The van der Waals surface area contributed by atoms with E-state index in [4.69, 9.17) is 9.40 Å². The van der Waals surface area contributed by atoms with Crippen LogP contribution in [0.5, 0.6) is 0 Å². The second-order valence-electron chi connectivity index (χ2n) is 16.3.